The van der Waals surface area contributed by atoms with Crippen molar-refractivity contribution in [2.45, 2.75) is 34.7 Å². The maximum absolute atomic E-state index is 13.4. The predicted molar refractivity (Wildman–Crippen MR) is 97.7 cm³/mol. The van der Waals surface area contributed by atoms with E-state index in [9.17, 15) is 30.4 Å². The van der Waals surface area contributed by atoms with Crippen molar-refractivity contribution in [2.24, 2.45) is 0 Å². The molecule has 1 saturated carbocycles. The van der Waals surface area contributed by atoms with Gasteiger partial charge in [-0.15, -0.1) is 11.3 Å². The molecule has 5 nitrogen and oxygen atoms in total. The molecule has 1 fully saturated rings. The summed E-state index contributed by atoms with van der Waals surface area (Å²) in [7, 11) is -3.89. The lowest BCUT2D eigenvalue weighted by atomic mass is 10.1. The summed E-state index contributed by atoms with van der Waals surface area (Å²) in [6.07, 6.45) is -5.20. The van der Waals surface area contributed by atoms with Crippen LogP contribution in [0, 0.1) is 0 Å². The fourth-order valence-corrected chi connectivity index (χ4v) is 5.50. The molecule has 1 aliphatic carbocycles. The number of halogens is 5. The van der Waals surface area contributed by atoms with E-state index in [0.717, 1.165) is 5.56 Å². The molecule has 0 unspecified atom stereocenters. The van der Waals surface area contributed by atoms with Gasteiger partial charge in [-0.05, 0) is 24.1 Å². The number of sulfonamides is 1. The van der Waals surface area contributed by atoms with Crippen LogP contribution >= 0.6 is 11.3 Å². The van der Waals surface area contributed by atoms with Gasteiger partial charge in [0.2, 0.25) is 15.8 Å². The second kappa shape index (κ2) is 7.13. The Labute approximate surface area is 171 Å². The third kappa shape index (κ3) is 3.86. The van der Waals surface area contributed by atoms with Crippen LogP contribution in [0.5, 0.6) is 0 Å². The van der Waals surface area contributed by atoms with Gasteiger partial charge in [-0.1, -0.05) is 35.5 Å². The van der Waals surface area contributed by atoms with Crippen LogP contribution in [0.15, 0.2) is 57.3 Å². The van der Waals surface area contributed by atoms with Gasteiger partial charge in [0.25, 0.3) is 0 Å². The van der Waals surface area contributed by atoms with Crippen molar-refractivity contribution in [3.05, 3.63) is 59.9 Å². The topological polar surface area (TPSA) is 72.2 Å². The molecule has 2 heterocycles. The molecule has 0 radical (unpaired) electrons. The van der Waals surface area contributed by atoms with E-state index in [-0.39, 0.29) is 26.7 Å². The van der Waals surface area contributed by atoms with Crippen LogP contribution in [-0.2, 0) is 15.9 Å². The van der Waals surface area contributed by atoms with Crippen LogP contribution in [0.2, 0.25) is 0 Å². The smallest absolute Gasteiger partial charge is 0.354 e. The number of hydrogen-bond acceptors (Lipinski definition) is 5. The number of nitrogens with one attached hydrogen (secondary N) is 1. The lowest BCUT2D eigenvalue weighted by molar-refractivity contribution is -0.296. The van der Waals surface area contributed by atoms with E-state index < -0.39 is 27.9 Å². The van der Waals surface area contributed by atoms with E-state index in [1.807, 2.05) is 30.3 Å². The lowest BCUT2D eigenvalue weighted by Gasteiger charge is -2.15. The van der Waals surface area contributed by atoms with Crippen molar-refractivity contribution >= 4 is 21.4 Å². The average Bonchev–Trinajstić information content (AvgIpc) is 3.10. The average molecular weight is 464 g/mol. The minimum atomic E-state index is -5.84. The Kier molecular flexibility index (Phi) is 4.98. The van der Waals surface area contributed by atoms with Gasteiger partial charge in [0.1, 0.15) is 9.90 Å². The van der Waals surface area contributed by atoms with Crippen LogP contribution in [0.4, 0.5) is 22.0 Å². The van der Waals surface area contributed by atoms with Gasteiger partial charge < -0.3 is 4.52 Å². The molecule has 1 aromatic carbocycles. The monoisotopic (exact) mass is 464 g/mol. The minimum absolute atomic E-state index is 0.0584. The zero-order valence-corrected chi connectivity index (χ0v) is 16.5. The van der Waals surface area contributed by atoms with Crippen LogP contribution in [0.25, 0.3) is 10.6 Å². The standard InChI is InChI=1S/C18H13F5N2O3S2/c19-17(20,18(21,22)23)15-9-13(24-28-15)14-6-7-16(29-14)30(26,27)25-12-8-11(12)10-4-2-1-3-5-10/h1-7,9,11-12,25H,8H2/t11-,12+/m1/s1. The van der Waals surface area contributed by atoms with Crippen molar-refractivity contribution in [1.29, 1.82) is 0 Å². The number of aromatic nitrogens is 1. The van der Waals surface area contributed by atoms with E-state index in [1.165, 1.54) is 12.1 Å². The summed E-state index contributed by atoms with van der Waals surface area (Å²) in [5.74, 6) is -6.81. The molecule has 2 aromatic heterocycles. The predicted octanol–water partition coefficient (Wildman–Crippen LogP) is 4.89. The van der Waals surface area contributed by atoms with Crippen LogP contribution in [0.1, 0.15) is 23.7 Å². The molecule has 3 aromatic rings. The van der Waals surface area contributed by atoms with E-state index in [1.54, 1.807) is 0 Å². The Morgan fingerprint density at radius 1 is 1.07 bits per heavy atom. The fourth-order valence-electron chi connectivity index (χ4n) is 2.93. The molecule has 4 rings (SSSR count). The molecule has 0 aliphatic heterocycles. The van der Waals surface area contributed by atoms with Crippen LogP contribution in [0.3, 0.4) is 0 Å². The highest BCUT2D eigenvalue weighted by Gasteiger charge is 2.61. The SMILES string of the molecule is O=S(=O)(N[C@H]1C[C@@H]1c1ccccc1)c1ccc(-c2cc(C(F)(F)C(F)(F)F)on2)s1. The molecule has 30 heavy (non-hydrogen) atoms. The highest BCUT2D eigenvalue weighted by atomic mass is 32.2. The molecule has 0 saturated heterocycles. The number of benzene rings is 1. The van der Waals surface area contributed by atoms with Gasteiger partial charge in [0.15, 0.2) is 0 Å². The molecule has 160 valence electrons. The highest BCUT2D eigenvalue weighted by molar-refractivity contribution is 7.91. The normalized spacial score (nSPS) is 19.8. The third-order valence-electron chi connectivity index (χ3n) is 4.60. The van der Waals surface area contributed by atoms with E-state index in [4.69, 9.17) is 0 Å². The van der Waals surface area contributed by atoms with Crippen molar-refractivity contribution < 1.29 is 34.9 Å². The molecule has 2 atom stereocenters. The Morgan fingerprint density at radius 3 is 2.43 bits per heavy atom. The summed E-state index contributed by atoms with van der Waals surface area (Å²) in [6, 6.07) is 12.1. The van der Waals surface area contributed by atoms with Gasteiger partial charge >= 0.3 is 12.1 Å². The molecule has 1 N–H and O–H groups in total. The summed E-state index contributed by atoms with van der Waals surface area (Å²) in [6.45, 7) is 0. The largest absolute Gasteiger partial charge is 0.461 e. The van der Waals surface area contributed by atoms with Crippen molar-refractivity contribution in [2.75, 3.05) is 0 Å². The lowest BCUT2D eigenvalue weighted by Crippen LogP contribution is -2.33. The summed E-state index contributed by atoms with van der Waals surface area (Å²) in [4.78, 5) is 0.0822. The molecular weight excluding hydrogens is 451 g/mol. The first-order chi connectivity index (χ1) is 14.0. The zero-order valence-electron chi connectivity index (χ0n) is 14.9. The van der Waals surface area contributed by atoms with Crippen molar-refractivity contribution in [1.82, 2.24) is 9.88 Å². The van der Waals surface area contributed by atoms with Gasteiger partial charge in [-0.2, -0.15) is 22.0 Å². The first-order valence-corrected chi connectivity index (χ1v) is 10.9. The molecule has 0 amide bonds. The highest BCUT2D eigenvalue weighted by Crippen LogP contribution is 2.45. The third-order valence-corrected chi connectivity index (χ3v) is 7.69. The first kappa shape index (κ1) is 20.9. The number of rotatable bonds is 6. The minimum Gasteiger partial charge on any atom is -0.354 e. The van der Waals surface area contributed by atoms with Gasteiger partial charge in [-0.3, -0.25) is 0 Å². The Hall–Kier alpha value is -2.31. The van der Waals surface area contributed by atoms with E-state index in [0.29, 0.717) is 23.8 Å². The Bertz CT molecular complexity index is 1160. The van der Waals surface area contributed by atoms with Gasteiger partial charge in [0, 0.05) is 18.0 Å². The van der Waals surface area contributed by atoms with Crippen LogP contribution in [-0.4, -0.2) is 25.8 Å². The zero-order chi connectivity index (χ0) is 21.7. The van der Waals surface area contributed by atoms with Crippen LogP contribution < -0.4 is 4.72 Å². The van der Waals surface area contributed by atoms with E-state index >= 15 is 0 Å². The Balaban J connectivity index is 1.49. The Morgan fingerprint density at radius 2 is 1.77 bits per heavy atom. The van der Waals surface area contributed by atoms with E-state index in [2.05, 4.69) is 14.4 Å². The second-order valence-corrected chi connectivity index (χ2v) is 9.77. The maximum atomic E-state index is 13.4. The second-order valence-electron chi connectivity index (χ2n) is 6.75. The van der Waals surface area contributed by atoms with Crippen molar-refractivity contribution in [3.8, 4) is 10.6 Å². The quantitative estimate of drug-likeness (QED) is 0.528. The summed E-state index contributed by atoms with van der Waals surface area (Å²) < 4.78 is 95.9. The molecule has 0 spiro atoms. The van der Waals surface area contributed by atoms with Gasteiger partial charge in [0.05, 0.1) is 4.88 Å². The molecular formula is C18H13F5N2O3S2. The fraction of sp³-hybridized carbons (Fsp3) is 0.278. The summed E-state index contributed by atoms with van der Waals surface area (Å²) in [5, 5.41) is 3.23. The maximum Gasteiger partial charge on any atom is 0.461 e. The van der Waals surface area contributed by atoms with Crippen molar-refractivity contribution in [3.63, 3.8) is 0 Å². The molecule has 1 aliphatic rings. The summed E-state index contributed by atoms with van der Waals surface area (Å²) in [5.41, 5.74) is 0.701. The van der Waals surface area contributed by atoms with Gasteiger partial charge in [-0.25, -0.2) is 13.1 Å². The number of thiophene rings is 1. The summed E-state index contributed by atoms with van der Waals surface area (Å²) >= 11 is 0.692. The first-order valence-electron chi connectivity index (χ1n) is 8.58. The number of hydrogen-bond donors (Lipinski definition) is 1. The number of nitrogens with zero attached hydrogens (tertiary/aromatic N) is 1. The molecule has 0 bridgehead atoms. The number of alkyl halides is 5. The molecule has 12 heteroatoms.